The van der Waals surface area contributed by atoms with E-state index in [9.17, 15) is 9.59 Å². The molecule has 1 N–H and O–H groups in total. The fraction of sp³-hybridized carbons (Fsp3) is 0.348. The van der Waals surface area contributed by atoms with Crippen molar-refractivity contribution in [2.45, 2.75) is 25.8 Å². The number of nitrogens with one attached hydrogen (secondary N) is 1. The molecule has 0 saturated carbocycles. The summed E-state index contributed by atoms with van der Waals surface area (Å²) >= 11 is 0. The monoisotopic (exact) mass is 409 g/mol. The van der Waals surface area contributed by atoms with Crippen molar-refractivity contribution in [1.29, 1.82) is 5.26 Å². The van der Waals surface area contributed by atoms with Gasteiger partial charge in [-0.2, -0.15) is 5.26 Å². The van der Waals surface area contributed by atoms with E-state index in [1.54, 1.807) is 12.0 Å². The van der Waals surface area contributed by atoms with Crippen molar-refractivity contribution in [3.8, 4) is 11.8 Å². The van der Waals surface area contributed by atoms with E-state index in [0.717, 1.165) is 11.3 Å². The second kappa shape index (κ2) is 13.0. The zero-order valence-corrected chi connectivity index (χ0v) is 17.2. The smallest absolute Gasteiger partial charge is 0.227 e. The van der Waals surface area contributed by atoms with Crippen molar-refractivity contribution >= 4 is 17.5 Å². The molecule has 2 amide bonds. The molecule has 0 heterocycles. The highest BCUT2D eigenvalue weighted by Gasteiger charge is 2.16. The van der Waals surface area contributed by atoms with E-state index in [1.165, 1.54) is 0 Å². The van der Waals surface area contributed by atoms with E-state index < -0.39 is 0 Å². The molecule has 7 nitrogen and oxygen atoms in total. The molecule has 2 rings (SSSR count). The van der Waals surface area contributed by atoms with Gasteiger partial charge in [0, 0.05) is 38.7 Å². The Kier molecular flexibility index (Phi) is 9.90. The maximum absolute atomic E-state index is 12.6. The Balaban J connectivity index is 1.82. The number of amides is 2. The zero-order chi connectivity index (χ0) is 21.6. The summed E-state index contributed by atoms with van der Waals surface area (Å²) in [4.78, 5) is 26.4. The van der Waals surface area contributed by atoms with Gasteiger partial charge < -0.3 is 19.7 Å². The lowest BCUT2D eigenvalue weighted by atomic mass is 10.2. The number of nitrogens with zero attached hydrogens (tertiary/aromatic N) is 2. The zero-order valence-electron chi connectivity index (χ0n) is 17.2. The third-order valence-corrected chi connectivity index (χ3v) is 4.33. The molecule has 30 heavy (non-hydrogen) atoms. The van der Waals surface area contributed by atoms with Crippen molar-refractivity contribution in [3.05, 3.63) is 60.2 Å². The van der Waals surface area contributed by atoms with Crippen LogP contribution < -0.4 is 15.0 Å². The number of rotatable bonds is 12. The molecule has 0 spiro atoms. The molecule has 0 aliphatic rings. The largest absolute Gasteiger partial charge is 0.491 e. The average molecular weight is 409 g/mol. The van der Waals surface area contributed by atoms with Crippen LogP contribution in [-0.4, -0.2) is 38.7 Å². The molecule has 7 heteroatoms. The Bertz CT molecular complexity index is 849. The van der Waals surface area contributed by atoms with Gasteiger partial charge in [0.2, 0.25) is 11.8 Å². The van der Waals surface area contributed by atoms with Crippen LogP contribution in [0.3, 0.4) is 0 Å². The van der Waals surface area contributed by atoms with Crippen LogP contribution in [0.15, 0.2) is 54.6 Å². The number of methoxy groups -OCH3 is 1. The highest BCUT2D eigenvalue weighted by atomic mass is 16.5. The standard InChI is InChI=1S/C23H27N3O4/c1-29-15-16-30-21-10-5-7-19(17-21)18-25-22(27)11-12-23(28)26(14-6-13-24)20-8-3-2-4-9-20/h2-5,7-10,17H,6,11-12,14-16,18H2,1H3,(H,25,27). The predicted octanol–water partition coefficient (Wildman–Crippen LogP) is 3.06. The second-order valence-corrected chi connectivity index (χ2v) is 6.55. The lowest BCUT2D eigenvalue weighted by Crippen LogP contribution is -2.33. The lowest BCUT2D eigenvalue weighted by molar-refractivity contribution is -0.125. The minimum Gasteiger partial charge on any atom is -0.491 e. The fourth-order valence-corrected chi connectivity index (χ4v) is 2.80. The Morgan fingerprint density at radius 1 is 1.07 bits per heavy atom. The number of carbonyl (C=O) groups excluding carboxylic acids is 2. The molecule has 2 aromatic rings. The first kappa shape index (κ1) is 22.9. The predicted molar refractivity (Wildman–Crippen MR) is 114 cm³/mol. The van der Waals surface area contributed by atoms with Gasteiger partial charge in [0.1, 0.15) is 12.4 Å². The van der Waals surface area contributed by atoms with Crippen molar-refractivity contribution in [3.63, 3.8) is 0 Å². The highest BCUT2D eigenvalue weighted by Crippen LogP contribution is 2.16. The third-order valence-electron chi connectivity index (χ3n) is 4.33. The summed E-state index contributed by atoms with van der Waals surface area (Å²) in [6, 6.07) is 18.7. The van der Waals surface area contributed by atoms with Gasteiger partial charge in [-0.25, -0.2) is 0 Å². The Morgan fingerprint density at radius 3 is 2.60 bits per heavy atom. The van der Waals surface area contributed by atoms with Crippen LogP contribution in [0.2, 0.25) is 0 Å². The number of ether oxygens (including phenoxy) is 2. The van der Waals surface area contributed by atoms with Gasteiger partial charge >= 0.3 is 0 Å². The average Bonchev–Trinajstić information content (AvgIpc) is 2.78. The molecule has 0 aliphatic heterocycles. The Hall–Kier alpha value is -3.37. The molecule has 0 aliphatic carbocycles. The van der Waals surface area contributed by atoms with E-state index in [1.807, 2.05) is 54.6 Å². The summed E-state index contributed by atoms with van der Waals surface area (Å²) in [5.74, 6) is 0.326. The van der Waals surface area contributed by atoms with Gasteiger partial charge in [-0.15, -0.1) is 0 Å². The number of carbonyl (C=O) groups is 2. The maximum Gasteiger partial charge on any atom is 0.227 e. The molecule has 0 radical (unpaired) electrons. The molecular weight excluding hydrogens is 382 g/mol. The summed E-state index contributed by atoms with van der Waals surface area (Å²) in [6.45, 7) is 1.61. The first-order valence-corrected chi connectivity index (χ1v) is 9.83. The van der Waals surface area contributed by atoms with Crippen LogP contribution in [0.25, 0.3) is 0 Å². The highest BCUT2D eigenvalue weighted by molar-refractivity contribution is 5.95. The van der Waals surface area contributed by atoms with E-state index in [4.69, 9.17) is 14.7 Å². The lowest BCUT2D eigenvalue weighted by Gasteiger charge is -2.21. The van der Waals surface area contributed by atoms with Crippen molar-refractivity contribution in [1.82, 2.24) is 5.32 Å². The molecule has 0 atom stereocenters. The number of para-hydroxylation sites is 1. The fourth-order valence-electron chi connectivity index (χ4n) is 2.80. The van der Waals surface area contributed by atoms with Gasteiger partial charge in [0.15, 0.2) is 0 Å². The molecule has 158 valence electrons. The van der Waals surface area contributed by atoms with Crippen LogP contribution >= 0.6 is 0 Å². The van der Waals surface area contributed by atoms with Crippen LogP contribution in [-0.2, 0) is 20.9 Å². The minimum atomic E-state index is -0.206. The molecule has 0 saturated heterocycles. The Morgan fingerprint density at radius 2 is 1.87 bits per heavy atom. The quantitative estimate of drug-likeness (QED) is 0.544. The summed E-state index contributed by atoms with van der Waals surface area (Å²) in [6.07, 6.45) is 0.390. The summed E-state index contributed by atoms with van der Waals surface area (Å²) in [5.41, 5.74) is 1.63. The first-order valence-electron chi connectivity index (χ1n) is 9.83. The van der Waals surface area contributed by atoms with Crippen LogP contribution in [0.4, 0.5) is 5.69 Å². The molecule has 0 aromatic heterocycles. The number of hydrogen-bond acceptors (Lipinski definition) is 5. The molecule has 2 aromatic carbocycles. The normalized spacial score (nSPS) is 10.1. The number of nitriles is 1. The van der Waals surface area contributed by atoms with Crippen LogP contribution in [0, 0.1) is 11.3 Å². The molecule has 0 fully saturated rings. The van der Waals surface area contributed by atoms with Gasteiger partial charge in [0.25, 0.3) is 0 Å². The summed E-state index contributed by atoms with van der Waals surface area (Å²) in [7, 11) is 1.61. The van der Waals surface area contributed by atoms with Crippen molar-refractivity contribution < 1.29 is 19.1 Å². The Labute approximate surface area is 177 Å². The third kappa shape index (κ3) is 7.94. The van der Waals surface area contributed by atoms with Crippen molar-refractivity contribution in [2.75, 3.05) is 31.8 Å². The number of hydrogen-bond donors (Lipinski definition) is 1. The van der Waals surface area contributed by atoms with E-state index in [2.05, 4.69) is 11.4 Å². The molecule has 0 unspecified atom stereocenters. The van der Waals surface area contributed by atoms with Crippen LogP contribution in [0.5, 0.6) is 5.75 Å². The van der Waals surface area contributed by atoms with Gasteiger partial charge in [0.05, 0.1) is 19.1 Å². The van der Waals surface area contributed by atoms with E-state index in [0.29, 0.717) is 32.1 Å². The van der Waals surface area contributed by atoms with Gasteiger partial charge in [-0.1, -0.05) is 30.3 Å². The summed E-state index contributed by atoms with van der Waals surface area (Å²) in [5, 5.41) is 11.7. The van der Waals surface area contributed by atoms with Crippen molar-refractivity contribution in [2.24, 2.45) is 0 Å². The van der Waals surface area contributed by atoms with Gasteiger partial charge in [-0.05, 0) is 29.8 Å². The second-order valence-electron chi connectivity index (χ2n) is 6.55. The molecule has 0 bridgehead atoms. The van der Waals surface area contributed by atoms with E-state index >= 15 is 0 Å². The van der Waals surface area contributed by atoms with E-state index in [-0.39, 0.29) is 31.1 Å². The maximum atomic E-state index is 12.6. The topological polar surface area (TPSA) is 91.7 Å². The first-order chi connectivity index (χ1) is 14.6. The number of anilines is 1. The summed E-state index contributed by atoms with van der Waals surface area (Å²) < 4.78 is 10.5. The van der Waals surface area contributed by atoms with Crippen LogP contribution in [0.1, 0.15) is 24.8 Å². The molecular formula is C23H27N3O4. The number of benzene rings is 2. The van der Waals surface area contributed by atoms with Gasteiger partial charge in [-0.3, -0.25) is 9.59 Å². The minimum absolute atomic E-state index is 0.0757. The SMILES string of the molecule is COCCOc1cccc(CNC(=O)CCC(=O)N(CCC#N)c2ccccc2)c1.